The molecular formula is C29H27Cl2N5O4. The van der Waals surface area contributed by atoms with Crippen molar-refractivity contribution in [2.75, 3.05) is 18.0 Å². The number of halogens is 2. The molecule has 11 heteroatoms. The number of rotatable bonds is 7. The SMILES string of the molecule is Cn1cc(-c2noc(=O)[nH]2)c2cc(N3CCC(OCc4c(-c5c(Cl)cccc5Cl)noc4C4CC4)CC3)ccc21. The van der Waals surface area contributed by atoms with Crippen molar-refractivity contribution in [3.05, 3.63) is 74.5 Å². The van der Waals surface area contributed by atoms with Crippen molar-refractivity contribution in [1.29, 1.82) is 0 Å². The van der Waals surface area contributed by atoms with E-state index in [0.29, 0.717) is 39.7 Å². The Balaban J connectivity index is 1.07. The molecule has 1 saturated carbocycles. The number of ether oxygens (including phenoxy) is 1. The van der Waals surface area contributed by atoms with Crippen LogP contribution in [0.3, 0.4) is 0 Å². The molecule has 2 aliphatic rings. The number of aromatic nitrogens is 4. The molecule has 7 rings (SSSR count). The van der Waals surface area contributed by atoms with Crippen LogP contribution in [-0.2, 0) is 18.4 Å². The van der Waals surface area contributed by atoms with Crippen molar-refractivity contribution in [2.24, 2.45) is 7.05 Å². The molecule has 5 aromatic rings. The fourth-order valence-electron chi connectivity index (χ4n) is 5.64. The molecule has 4 heterocycles. The molecule has 9 nitrogen and oxygen atoms in total. The molecule has 1 aliphatic heterocycles. The van der Waals surface area contributed by atoms with Gasteiger partial charge < -0.3 is 18.7 Å². The monoisotopic (exact) mass is 579 g/mol. The second-order valence-electron chi connectivity index (χ2n) is 10.5. The Bertz CT molecular complexity index is 1740. The van der Waals surface area contributed by atoms with Crippen molar-refractivity contribution < 1.29 is 13.8 Å². The molecule has 2 fully saturated rings. The summed E-state index contributed by atoms with van der Waals surface area (Å²) in [6, 6.07) is 11.8. The average molecular weight is 580 g/mol. The molecule has 1 aliphatic carbocycles. The fraction of sp³-hybridized carbons (Fsp3) is 0.345. The Kier molecular flexibility index (Phi) is 6.45. The van der Waals surface area contributed by atoms with Gasteiger partial charge in [-0.2, -0.15) is 0 Å². The lowest BCUT2D eigenvalue weighted by atomic mass is 10.0. The highest BCUT2D eigenvalue weighted by Gasteiger charge is 2.34. The minimum Gasteiger partial charge on any atom is -0.373 e. The molecule has 0 atom stereocenters. The first-order chi connectivity index (χ1) is 19.5. The zero-order valence-electron chi connectivity index (χ0n) is 21.8. The third kappa shape index (κ3) is 4.62. The van der Waals surface area contributed by atoms with E-state index in [4.69, 9.17) is 37.0 Å². The summed E-state index contributed by atoms with van der Waals surface area (Å²) in [5.74, 6) is 1.14. The van der Waals surface area contributed by atoms with Crippen LogP contribution in [0.5, 0.6) is 0 Å². The number of anilines is 1. The number of fused-ring (bicyclic) bond motifs is 1. The summed E-state index contributed by atoms with van der Waals surface area (Å²) in [5, 5.41) is 10.4. The molecule has 3 aromatic heterocycles. The van der Waals surface area contributed by atoms with Crippen LogP contribution in [0.15, 0.2) is 56.4 Å². The fourth-order valence-corrected chi connectivity index (χ4v) is 6.22. The van der Waals surface area contributed by atoms with Crippen LogP contribution >= 0.6 is 23.2 Å². The topological polar surface area (TPSA) is 102 Å². The standard InChI is InChI=1S/C29H27Cl2N5O4/c1-35-14-20(28-32-29(37)40-34-28)19-13-17(7-8-24(19)35)36-11-9-18(10-12-36)38-15-21-26(33-39-27(21)16-5-6-16)25-22(30)3-2-4-23(25)31/h2-4,7-8,13-14,16,18H,5-6,9-12,15H2,1H3,(H,32,34,37). The highest BCUT2D eigenvalue weighted by atomic mass is 35.5. The average Bonchev–Trinajstić information content (AvgIpc) is 3.44. The molecule has 0 unspecified atom stereocenters. The van der Waals surface area contributed by atoms with Crippen molar-refractivity contribution in [2.45, 2.75) is 44.3 Å². The summed E-state index contributed by atoms with van der Waals surface area (Å²) in [4.78, 5) is 16.6. The molecular weight excluding hydrogens is 553 g/mol. The van der Waals surface area contributed by atoms with Gasteiger partial charge in [0.1, 0.15) is 11.5 Å². The Labute approximate surface area is 239 Å². The molecule has 0 radical (unpaired) electrons. The Morgan fingerprint density at radius 2 is 1.82 bits per heavy atom. The molecule has 40 heavy (non-hydrogen) atoms. The van der Waals surface area contributed by atoms with Crippen LogP contribution in [0.1, 0.15) is 42.9 Å². The van der Waals surface area contributed by atoms with Crippen LogP contribution in [0.4, 0.5) is 5.69 Å². The van der Waals surface area contributed by atoms with Crippen LogP contribution in [-0.4, -0.2) is 39.1 Å². The smallest absolute Gasteiger partial charge is 0.373 e. The van der Waals surface area contributed by atoms with Crippen molar-refractivity contribution in [3.63, 3.8) is 0 Å². The second-order valence-corrected chi connectivity index (χ2v) is 11.4. The first-order valence-corrected chi connectivity index (χ1v) is 14.2. The number of benzene rings is 2. The van der Waals surface area contributed by atoms with E-state index in [1.165, 1.54) is 0 Å². The van der Waals surface area contributed by atoms with E-state index in [1.54, 1.807) is 0 Å². The van der Waals surface area contributed by atoms with Gasteiger partial charge >= 0.3 is 5.76 Å². The van der Waals surface area contributed by atoms with Crippen molar-refractivity contribution >= 4 is 39.8 Å². The molecule has 1 saturated heterocycles. The number of nitrogens with one attached hydrogen (secondary N) is 1. The van der Waals surface area contributed by atoms with Gasteiger partial charge in [0.15, 0.2) is 5.82 Å². The number of hydrogen-bond acceptors (Lipinski definition) is 7. The van der Waals surface area contributed by atoms with Crippen LogP contribution in [0.25, 0.3) is 33.5 Å². The van der Waals surface area contributed by atoms with Crippen LogP contribution < -0.4 is 10.7 Å². The Morgan fingerprint density at radius 3 is 2.52 bits per heavy atom. The zero-order chi connectivity index (χ0) is 27.4. The number of piperidine rings is 1. The Morgan fingerprint density at radius 1 is 1.05 bits per heavy atom. The summed E-state index contributed by atoms with van der Waals surface area (Å²) >= 11 is 13.0. The van der Waals surface area contributed by atoms with Crippen LogP contribution in [0.2, 0.25) is 10.0 Å². The number of aryl methyl sites for hydroxylation is 1. The lowest BCUT2D eigenvalue weighted by Gasteiger charge is -2.33. The second kappa shape index (κ2) is 10.1. The number of aromatic amines is 1. The lowest BCUT2D eigenvalue weighted by molar-refractivity contribution is 0.0246. The molecule has 2 aromatic carbocycles. The van der Waals surface area contributed by atoms with Crippen molar-refractivity contribution in [1.82, 2.24) is 19.9 Å². The highest BCUT2D eigenvalue weighted by molar-refractivity contribution is 6.39. The van der Waals surface area contributed by atoms with Gasteiger partial charge in [-0.1, -0.05) is 39.6 Å². The molecule has 206 valence electrons. The first-order valence-electron chi connectivity index (χ1n) is 13.4. The summed E-state index contributed by atoms with van der Waals surface area (Å²) in [5.41, 5.74) is 5.33. The van der Waals surface area contributed by atoms with E-state index >= 15 is 0 Å². The number of H-pyrrole nitrogens is 1. The van der Waals surface area contributed by atoms with Gasteiger partial charge in [0.05, 0.1) is 22.8 Å². The van der Waals surface area contributed by atoms with Crippen molar-refractivity contribution in [3.8, 4) is 22.6 Å². The third-order valence-corrected chi connectivity index (χ3v) is 8.54. The minimum atomic E-state index is -0.567. The van der Waals surface area contributed by atoms with Gasteiger partial charge in [0.25, 0.3) is 0 Å². The maximum atomic E-state index is 11.5. The normalized spacial score (nSPS) is 16.3. The number of nitrogens with zero attached hydrogens (tertiary/aromatic N) is 4. The van der Waals surface area contributed by atoms with Gasteiger partial charge in [-0.25, -0.2) is 4.79 Å². The van der Waals surface area contributed by atoms with E-state index in [9.17, 15) is 4.79 Å². The molecule has 1 N–H and O–H groups in total. The largest absolute Gasteiger partial charge is 0.439 e. The molecule has 0 amide bonds. The quantitative estimate of drug-likeness (QED) is 0.233. The van der Waals surface area contributed by atoms with Crippen LogP contribution in [0, 0.1) is 0 Å². The predicted molar refractivity (Wildman–Crippen MR) is 153 cm³/mol. The van der Waals surface area contributed by atoms with E-state index < -0.39 is 5.76 Å². The molecule has 0 bridgehead atoms. The van der Waals surface area contributed by atoms with E-state index in [-0.39, 0.29) is 6.10 Å². The summed E-state index contributed by atoms with van der Waals surface area (Å²) in [6.45, 7) is 2.13. The summed E-state index contributed by atoms with van der Waals surface area (Å²) < 4.78 is 19.0. The molecule has 0 spiro atoms. The minimum absolute atomic E-state index is 0.115. The Hall–Kier alpha value is -3.53. The summed E-state index contributed by atoms with van der Waals surface area (Å²) in [6.07, 6.45) is 6.04. The van der Waals surface area contributed by atoms with E-state index in [0.717, 1.165) is 72.3 Å². The van der Waals surface area contributed by atoms with E-state index in [2.05, 4.69) is 38.4 Å². The maximum absolute atomic E-state index is 11.5. The third-order valence-electron chi connectivity index (χ3n) is 7.91. The lowest BCUT2D eigenvalue weighted by Crippen LogP contribution is -2.37. The maximum Gasteiger partial charge on any atom is 0.439 e. The van der Waals surface area contributed by atoms with Gasteiger partial charge in [0, 0.05) is 65.5 Å². The number of hydrogen-bond donors (Lipinski definition) is 1. The first kappa shape index (κ1) is 25.4. The van der Waals surface area contributed by atoms with Gasteiger partial charge in [-0.3, -0.25) is 9.51 Å². The van der Waals surface area contributed by atoms with E-state index in [1.807, 2.05) is 36.0 Å². The summed E-state index contributed by atoms with van der Waals surface area (Å²) in [7, 11) is 1.97. The zero-order valence-corrected chi connectivity index (χ0v) is 23.3. The van der Waals surface area contributed by atoms with Gasteiger partial charge in [-0.15, -0.1) is 0 Å². The predicted octanol–water partition coefficient (Wildman–Crippen LogP) is 6.55. The van der Waals surface area contributed by atoms with Gasteiger partial charge in [-0.05, 0) is 56.0 Å². The van der Waals surface area contributed by atoms with Gasteiger partial charge in [0.2, 0.25) is 0 Å². The highest BCUT2D eigenvalue weighted by Crippen LogP contribution is 2.46.